The summed E-state index contributed by atoms with van der Waals surface area (Å²) in [6.45, 7) is 1.87. The molecule has 7 heteroatoms. The molecule has 0 fully saturated rings. The van der Waals surface area contributed by atoms with E-state index in [1.54, 1.807) is 31.2 Å². The molecule has 0 N–H and O–H groups in total. The molecule has 0 saturated carbocycles. The quantitative estimate of drug-likeness (QED) is 0.532. The Morgan fingerprint density at radius 2 is 1.69 bits per heavy atom. The minimum absolute atomic E-state index is 0.0582. The highest BCUT2D eigenvalue weighted by Crippen LogP contribution is 2.32. The van der Waals surface area contributed by atoms with E-state index in [2.05, 4.69) is 0 Å². The number of esters is 1. The predicted octanol–water partition coefficient (Wildman–Crippen LogP) is 4.56. The van der Waals surface area contributed by atoms with Gasteiger partial charge in [0.25, 0.3) is 0 Å². The van der Waals surface area contributed by atoms with E-state index in [0.717, 1.165) is 12.1 Å². The number of ketones is 1. The molecule has 0 bridgehead atoms. The second kappa shape index (κ2) is 8.51. The molecule has 2 rings (SSSR count). The summed E-state index contributed by atoms with van der Waals surface area (Å²) in [6, 6.07) is 10.9. The second-order valence-corrected chi connectivity index (χ2v) is 5.47. The number of Topliss-reactive ketones (excluding diaryl/α,β-unsaturated/α-hetero) is 1. The Bertz CT molecular complexity index is 767. The third-order valence-corrected chi connectivity index (χ3v) is 3.37. The van der Waals surface area contributed by atoms with Crippen molar-refractivity contribution in [1.82, 2.24) is 0 Å². The topological polar surface area (TPSA) is 52.6 Å². The van der Waals surface area contributed by atoms with E-state index < -0.39 is 17.7 Å². The SMILES string of the molecule is CCOC(=O)CC(=O)Cc1ccc(Oc2cccc(C(F)(F)F)c2)cc1. The van der Waals surface area contributed by atoms with E-state index in [0.29, 0.717) is 11.3 Å². The Labute approximate surface area is 148 Å². The largest absolute Gasteiger partial charge is 0.466 e. The smallest absolute Gasteiger partial charge is 0.416 e. The fraction of sp³-hybridized carbons (Fsp3) is 0.263. The standard InChI is InChI=1S/C19H17F3O4/c1-2-25-18(24)12-15(23)10-13-6-8-16(9-7-13)26-17-5-3-4-14(11-17)19(20,21)22/h3-9,11H,2,10,12H2,1H3. The molecule has 2 aromatic carbocycles. The number of hydrogen-bond donors (Lipinski definition) is 0. The fourth-order valence-electron chi connectivity index (χ4n) is 2.21. The normalized spacial score (nSPS) is 11.1. The Balaban J connectivity index is 1.97. The van der Waals surface area contributed by atoms with Gasteiger partial charge in [-0.1, -0.05) is 18.2 Å². The first kappa shape index (κ1) is 19.5. The summed E-state index contributed by atoms with van der Waals surface area (Å²) in [5.74, 6) is -0.450. The molecule has 4 nitrogen and oxygen atoms in total. The lowest BCUT2D eigenvalue weighted by Gasteiger charge is -2.10. The molecule has 0 spiro atoms. The molecule has 26 heavy (non-hydrogen) atoms. The van der Waals surface area contributed by atoms with Crippen molar-refractivity contribution in [2.24, 2.45) is 0 Å². The summed E-state index contributed by atoms with van der Waals surface area (Å²) < 4.78 is 48.2. The van der Waals surface area contributed by atoms with Gasteiger partial charge in [-0.2, -0.15) is 13.2 Å². The zero-order chi connectivity index (χ0) is 19.2. The molecule has 0 aromatic heterocycles. The summed E-state index contributed by atoms with van der Waals surface area (Å²) in [4.78, 5) is 23.0. The zero-order valence-corrected chi connectivity index (χ0v) is 14.0. The van der Waals surface area contributed by atoms with Crippen LogP contribution in [-0.4, -0.2) is 18.4 Å². The first-order valence-electron chi connectivity index (χ1n) is 7.89. The van der Waals surface area contributed by atoms with Crippen molar-refractivity contribution < 1.29 is 32.2 Å². The Hall–Kier alpha value is -2.83. The molecule has 0 aliphatic carbocycles. The summed E-state index contributed by atoms with van der Waals surface area (Å²) in [7, 11) is 0. The van der Waals surface area contributed by atoms with Gasteiger partial charge >= 0.3 is 12.1 Å². The zero-order valence-electron chi connectivity index (χ0n) is 14.0. The monoisotopic (exact) mass is 366 g/mol. The number of benzene rings is 2. The maximum absolute atomic E-state index is 12.7. The number of hydrogen-bond acceptors (Lipinski definition) is 4. The highest BCUT2D eigenvalue weighted by Gasteiger charge is 2.30. The maximum atomic E-state index is 12.7. The maximum Gasteiger partial charge on any atom is 0.416 e. The summed E-state index contributed by atoms with van der Waals surface area (Å²) >= 11 is 0. The van der Waals surface area contributed by atoms with Gasteiger partial charge in [0.1, 0.15) is 23.7 Å². The van der Waals surface area contributed by atoms with Gasteiger partial charge < -0.3 is 9.47 Å². The van der Waals surface area contributed by atoms with Crippen LogP contribution in [0.4, 0.5) is 13.2 Å². The second-order valence-electron chi connectivity index (χ2n) is 5.47. The van der Waals surface area contributed by atoms with E-state index in [-0.39, 0.29) is 31.0 Å². The van der Waals surface area contributed by atoms with Gasteiger partial charge in [-0.05, 0) is 42.8 Å². The van der Waals surface area contributed by atoms with Crippen molar-refractivity contribution in [3.63, 3.8) is 0 Å². The van der Waals surface area contributed by atoms with Crippen LogP contribution in [0.25, 0.3) is 0 Å². The first-order valence-corrected chi connectivity index (χ1v) is 7.89. The van der Waals surface area contributed by atoms with Gasteiger partial charge in [0.2, 0.25) is 0 Å². The minimum Gasteiger partial charge on any atom is -0.466 e. The fourth-order valence-corrected chi connectivity index (χ4v) is 2.21. The molecule has 0 aliphatic rings. The van der Waals surface area contributed by atoms with Crippen LogP contribution in [0.2, 0.25) is 0 Å². The van der Waals surface area contributed by atoms with Gasteiger partial charge in [0.15, 0.2) is 0 Å². The van der Waals surface area contributed by atoms with Gasteiger partial charge in [0, 0.05) is 6.42 Å². The molecule has 0 radical (unpaired) electrons. The highest BCUT2D eigenvalue weighted by molar-refractivity contribution is 5.96. The summed E-state index contributed by atoms with van der Waals surface area (Å²) in [5.41, 5.74) is -0.133. The minimum atomic E-state index is -4.44. The number of ether oxygens (including phenoxy) is 2. The number of carbonyl (C=O) groups excluding carboxylic acids is 2. The lowest BCUT2D eigenvalue weighted by atomic mass is 10.1. The van der Waals surface area contributed by atoms with Crippen molar-refractivity contribution >= 4 is 11.8 Å². The molecule has 0 unspecified atom stereocenters. The van der Waals surface area contributed by atoms with E-state index in [9.17, 15) is 22.8 Å². The first-order chi connectivity index (χ1) is 12.3. The molecular weight excluding hydrogens is 349 g/mol. The van der Waals surface area contributed by atoms with Gasteiger partial charge in [-0.25, -0.2) is 0 Å². The van der Waals surface area contributed by atoms with E-state index in [4.69, 9.17) is 9.47 Å². The molecule has 0 heterocycles. The number of rotatable bonds is 7. The average molecular weight is 366 g/mol. The van der Waals surface area contributed by atoms with E-state index in [1.165, 1.54) is 12.1 Å². The van der Waals surface area contributed by atoms with Crippen LogP contribution in [0.3, 0.4) is 0 Å². The third kappa shape index (κ3) is 5.91. The third-order valence-electron chi connectivity index (χ3n) is 3.37. The molecule has 0 saturated heterocycles. The lowest BCUT2D eigenvalue weighted by molar-refractivity contribution is -0.145. The summed E-state index contributed by atoms with van der Waals surface area (Å²) in [6.07, 6.45) is -4.68. The Morgan fingerprint density at radius 3 is 2.31 bits per heavy atom. The molecule has 0 atom stereocenters. The molecule has 0 amide bonds. The van der Waals surface area contributed by atoms with Crippen LogP contribution in [0.15, 0.2) is 48.5 Å². The molecule has 0 aliphatic heterocycles. The number of carbonyl (C=O) groups is 2. The van der Waals surface area contributed by atoms with E-state index >= 15 is 0 Å². The van der Waals surface area contributed by atoms with Crippen molar-refractivity contribution in [2.45, 2.75) is 25.9 Å². The Kier molecular flexibility index (Phi) is 6.38. The molecular formula is C19H17F3O4. The van der Waals surface area contributed by atoms with Crippen molar-refractivity contribution in [2.75, 3.05) is 6.61 Å². The van der Waals surface area contributed by atoms with Crippen LogP contribution in [0.1, 0.15) is 24.5 Å². The van der Waals surface area contributed by atoms with Crippen molar-refractivity contribution in [3.8, 4) is 11.5 Å². The molecule has 138 valence electrons. The Morgan fingerprint density at radius 1 is 1.00 bits per heavy atom. The predicted molar refractivity (Wildman–Crippen MR) is 87.9 cm³/mol. The van der Waals surface area contributed by atoms with Crippen LogP contribution in [-0.2, 0) is 26.9 Å². The van der Waals surface area contributed by atoms with Crippen LogP contribution in [0.5, 0.6) is 11.5 Å². The van der Waals surface area contributed by atoms with Crippen LogP contribution >= 0.6 is 0 Å². The molecule has 2 aromatic rings. The van der Waals surface area contributed by atoms with Crippen molar-refractivity contribution in [1.29, 1.82) is 0 Å². The number of halogens is 3. The average Bonchev–Trinajstić information content (AvgIpc) is 2.56. The van der Waals surface area contributed by atoms with Gasteiger partial charge in [-0.3, -0.25) is 9.59 Å². The number of alkyl halides is 3. The summed E-state index contributed by atoms with van der Waals surface area (Å²) in [5, 5.41) is 0. The lowest BCUT2D eigenvalue weighted by Crippen LogP contribution is -2.12. The van der Waals surface area contributed by atoms with Gasteiger partial charge in [-0.15, -0.1) is 0 Å². The van der Waals surface area contributed by atoms with Crippen LogP contribution < -0.4 is 4.74 Å². The van der Waals surface area contributed by atoms with Gasteiger partial charge in [0.05, 0.1) is 12.2 Å². The van der Waals surface area contributed by atoms with Crippen molar-refractivity contribution in [3.05, 3.63) is 59.7 Å². The highest BCUT2D eigenvalue weighted by atomic mass is 19.4. The van der Waals surface area contributed by atoms with Crippen LogP contribution in [0, 0.1) is 0 Å². The van der Waals surface area contributed by atoms with E-state index in [1.807, 2.05) is 0 Å².